The van der Waals surface area contributed by atoms with Crippen LogP contribution in [0.2, 0.25) is 0 Å². The van der Waals surface area contributed by atoms with Crippen molar-refractivity contribution >= 4 is 24.2 Å². The number of ether oxygens (including phenoxy) is 1. The molecule has 0 saturated carbocycles. The van der Waals surface area contributed by atoms with E-state index in [0.29, 0.717) is 18.2 Å². The van der Waals surface area contributed by atoms with Gasteiger partial charge in [0.15, 0.2) is 0 Å². The van der Waals surface area contributed by atoms with Gasteiger partial charge in [0, 0.05) is 50.9 Å². The largest absolute Gasteiger partial charge is 0.494 e. The smallest absolute Gasteiger partial charge is 0.251 e. The molecule has 150 valence electrons. The monoisotopic (exact) mass is 396 g/mol. The van der Waals surface area contributed by atoms with E-state index in [1.807, 2.05) is 11.8 Å². The minimum Gasteiger partial charge on any atom is -0.494 e. The molecular formula is C19H29ClN4O3. The molecule has 27 heavy (non-hydrogen) atoms. The Morgan fingerprint density at radius 3 is 2.56 bits per heavy atom. The van der Waals surface area contributed by atoms with Gasteiger partial charge in [0.1, 0.15) is 5.75 Å². The van der Waals surface area contributed by atoms with Crippen molar-refractivity contribution in [3.63, 3.8) is 0 Å². The predicted octanol–water partition coefficient (Wildman–Crippen LogP) is 0.743. The number of likely N-dealkylation sites (tertiary alicyclic amines) is 1. The molecule has 0 radical (unpaired) electrons. The topological polar surface area (TPSA) is 73.9 Å². The lowest BCUT2D eigenvalue weighted by Crippen LogP contribution is -2.49. The first kappa shape index (κ1) is 21.5. The second-order valence-electron chi connectivity index (χ2n) is 6.71. The molecule has 3 rings (SSSR count). The van der Waals surface area contributed by atoms with Crippen LogP contribution in [0.4, 0.5) is 0 Å². The lowest BCUT2D eigenvalue weighted by molar-refractivity contribution is -0.129. The maximum Gasteiger partial charge on any atom is 0.251 e. The van der Waals surface area contributed by atoms with E-state index in [0.717, 1.165) is 51.4 Å². The summed E-state index contributed by atoms with van der Waals surface area (Å²) in [6.45, 7) is 8.19. The van der Waals surface area contributed by atoms with Gasteiger partial charge in [-0.15, -0.1) is 12.4 Å². The summed E-state index contributed by atoms with van der Waals surface area (Å²) in [6.07, 6.45) is 1.01. The summed E-state index contributed by atoms with van der Waals surface area (Å²) in [4.78, 5) is 28.9. The zero-order valence-electron chi connectivity index (χ0n) is 15.8. The van der Waals surface area contributed by atoms with Gasteiger partial charge < -0.3 is 20.3 Å². The number of halogens is 1. The lowest BCUT2D eigenvalue weighted by Gasteiger charge is -2.32. The number of piperazine rings is 1. The van der Waals surface area contributed by atoms with E-state index in [9.17, 15) is 9.59 Å². The second-order valence-corrected chi connectivity index (χ2v) is 6.71. The van der Waals surface area contributed by atoms with E-state index in [4.69, 9.17) is 4.74 Å². The Morgan fingerprint density at radius 1 is 1.19 bits per heavy atom. The average Bonchev–Trinajstić information content (AvgIpc) is 3.18. The highest BCUT2D eigenvalue weighted by Gasteiger charge is 2.30. The number of carbonyl (C=O) groups excluding carboxylic acids is 2. The van der Waals surface area contributed by atoms with E-state index in [-0.39, 0.29) is 30.8 Å². The van der Waals surface area contributed by atoms with Gasteiger partial charge in [-0.1, -0.05) is 0 Å². The van der Waals surface area contributed by atoms with Gasteiger partial charge in [-0.2, -0.15) is 0 Å². The van der Waals surface area contributed by atoms with Crippen LogP contribution >= 0.6 is 12.4 Å². The summed E-state index contributed by atoms with van der Waals surface area (Å²) >= 11 is 0. The average molecular weight is 397 g/mol. The molecule has 0 aromatic heterocycles. The SMILES string of the molecule is CCOc1ccc(C(=O)NCC(=O)N2CCC(N3CCNCC3)C2)cc1.Cl. The maximum absolute atomic E-state index is 12.4. The Bertz CT molecular complexity index is 620. The number of amides is 2. The molecule has 2 heterocycles. The van der Waals surface area contributed by atoms with Gasteiger partial charge in [-0.3, -0.25) is 14.5 Å². The number of hydrogen-bond donors (Lipinski definition) is 2. The van der Waals surface area contributed by atoms with Gasteiger partial charge in [0.2, 0.25) is 5.91 Å². The molecule has 1 aromatic rings. The van der Waals surface area contributed by atoms with Crippen LogP contribution in [0.5, 0.6) is 5.75 Å². The number of benzene rings is 1. The standard InChI is InChI=1S/C19H28N4O3.ClH/c1-2-26-17-5-3-15(4-6-17)19(25)21-13-18(24)23-10-7-16(14-23)22-11-8-20-9-12-22;/h3-6,16,20H,2,7-14H2,1H3,(H,21,25);1H. The summed E-state index contributed by atoms with van der Waals surface area (Å²) < 4.78 is 5.37. The highest BCUT2D eigenvalue weighted by molar-refractivity contribution is 5.96. The molecular weight excluding hydrogens is 368 g/mol. The quantitative estimate of drug-likeness (QED) is 0.742. The van der Waals surface area contributed by atoms with Crippen molar-refractivity contribution in [2.45, 2.75) is 19.4 Å². The van der Waals surface area contributed by atoms with Crippen LogP contribution in [-0.2, 0) is 4.79 Å². The zero-order chi connectivity index (χ0) is 18.4. The maximum atomic E-state index is 12.4. The van der Waals surface area contributed by atoms with Crippen molar-refractivity contribution in [3.8, 4) is 5.75 Å². The highest BCUT2D eigenvalue weighted by Crippen LogP contribution is 2.16. The van der Waals surface area contributed by atoms with Crippen LogP contribution < -0.4 is 15.4 Å². The van der Waals surface area contributed by atoms with Crippen LogP contribution in [-0.4, -0.2) is 80.1 Å². The van der Waals surface area contributed by atoms with Crippen molar-refractivity contribution in [3.05, 3.63) is 29.8 Å². The van der Waals surface area contributed by atoms with E-state index in [1.54, 1.807) is 24.3 Å². The number of hydrogen-bond acceptors (Lipinski definition) is 5. The van der Waals surface area contributed by atoms with Crippen LogP contribution in [0.1, 0.15) is 23.7 Å². The normalized spacial score (nSPS) is 20.0. The van der Waals surface area contributed by atoms with Crippen LogP contribution in [0.25, 0.3) is 0 Å². The molecule has 2 saturated heterocycles. The van der Waals surface area contributed by atoms with Gasteiger partial charge in [-0.25, -0.2) is 0 Å². The van der Waals surface area contributed by atoms with E-state index < -0.39 is 0 Å². The molecule has 2 N–H and O–H groups in total. The lowest BCUT2D eigenvalue weighted by atomic mass is 10.2. The third-order valence-corrected chi connectivity index (χ3v) is 5.01. The molecule has 7 nitrogen and oxygen atoms in total. The molecule has 2 aliphatic heterocycles. The molecule has 0 spiro atoms. The minimum absolute atomic E-state index is 0. The Morgan fingerprint density at radius 2 is 1.89 bits per heavy atom. The molecule has 0 aliphatic carbocycles. The number of rotatable bonds is 6. The molecule has 2 amide bonds. The van der Waals surface area contributed by atoms with Crippen molar-refractivity contribution in [1.82, 2.24) is 20.4 Å². The highest BCUT2D eigenvalue weighted by atomic mass is 35.5. The van der Waals surface area contributed by atoms with Crippen LogP contribution in [0.15, 0.2) is 24.3 Å². The summed E-state index contributed by atoms with van der Waals surface area (Å²) in [7, 11) is 0. The fourth-order valence-electron chi connectivity index (χ4n) is 3.55. The van der Waals surface area contributed by atoms with Crippen LogP contribution in [0.3, 0.4) is 0 Å². The molecule has 1 atom stereocenters. The van der Waals surface area contributed by atoms with Gasteiger partial charge >= 0.3 is 0 Å². The van der Waals surface area contributed by atoms with Crippen molar-refractivity contribution < 1.29 is 14.3 Å². The van der Waals surface area contributed by atoms with Crippen LogP contribution in [0, 0.1) is 0 Å². The van der Waals surface area contributed by atoms with Crippen molar-refractivity contribution in [2.24, 2.45) is 0 Å². The zero-order valence-corrected chi connectivity index (χ0v) is 16.6. The number of nitrogens with one attached hydrogen (secondary N) is 2. The molecule has 2 aliphatic rings. The van der Waals surface area contributed by atoms with E-state index >= 15 is 0 Å². The van der Waals surface area contributed by atoms with Gasteiger partial charge in [0.25, 0.3) is 5.91 Å². The van der Waals surface area contributed by atoms with E-state index in [1.165, 1.54) is 0 Å². The first-order chi connectivity index (χ1) is 12.7. The Kier molecular flexibility index (Phi) is 8.34. The molecule has 0 bridgehead atoms. The Balaban J connectivity index is 0.00000261. The van der Waals surface area contributed by atoms with Crippen molar-refractivity contribution in [2.75, 3.05) is 52.4 Å². The fourth-order valence-corrected chi connectivity index (χ4v) is 3.55. The predicted molar refractivity (Wildman–Crippen MR) is 107 cm³/mol. The molecule has 1 aromatic carbocycles. The summed E-state index contributed by atoms with van der Waals surface area (Å²) in [5.41, 5.74) is 0.529. The Hall–Kier alpha value is -1.83. The third kappa shape index (κ3) is 5.82. The molecule has 8 heteroatoms. The Labute approximate surface area is 166 Å². The number of carbonyl (C=O) groups is 2. The van der Waals surface area contributed by atoms with Gasteiger partial charge in [0.05, 0.1) is 13.2 Å². The summed E-state index contributed by atoms with van der Waals surface area (Å²) in [6, 6.07) is 7.39. The fraction of sp³-hybridized carbons (Fsp3) is 0.579. The number of nitrogens with zero attached hydrogens (tertiary/aromatic N) is 2. The van der Waals surface area contributed by atoms with E-state index in [2.05, 4.69) is 15.5 Å². The van der Waals surface area contributed by atoms with Gasteiger partial charge in [-0.05, 0) is 37.6 Å². The minimum atomic E-state index is -0.237. The first-order valence-electron chi connectivity index (χ1n) is 9.41. The summed E-state index contributed by atoms with van der Waals surface area (Å²) in [5, 5.41) is 6.08. The third-order valence-electron chi connectivity index (χ3n) is 5.01. The first-order valence-corrected chi connectivity index (χ1v) is 9.41. The summed E-state index contributed by atoms with van der Waals surface area (Å²) in [5.74, 6) is 0.484. The molecule has 2 fully saturated rings. The molecule has 1 unspecified atom stereocenters. The second kappa shape index (κ2) is 10.5. The van der Waals surface area contributed by atoms with Crippen molar-refractivity contribution in [1.29, 1.82) is 0 Å².